The normalized spacial score (nSPS) is 10.7. The largest absolute Gasteiger partial charge is 0.496 e. The summed E-state index contributed by atoms with van der Waals surface area (Å²) in [6, 6.07) is 19.7. The number of benzene rings is 3. The highest BCUT2D eigenvalue weighted by Gasteiger charge is 2.09. The summed E-state index contributed by atoms with van der Waals surface area (Å²) in [5, 5.41) is 5.35. The maximum absolute atomic E-state index is 12.0. The molecule has 0 aliphatic carbocycles. The van der Waals surface area contributed by atoms with Gasteiger partial charge >= 0.3 is 0 Å². The Labute approximate surface area is 166 Å². The zero-order valence-electron chi connectivity index (χ0n) is 14.5. The SMILES string of the molecule is COc1ccc2cc(Br)ccc2c1CSCCNC(=O)c1ccccc1. The number of thioether (sulfide) groups is 1. The van der Waals surface area contributed by atoms with Crippen LogP contribution in [0.4, 0.5) is 0 Å². The Balaban J connectivity index is 1.58. The summed E-state index contributed by atoms with van der Waals surface area (Å²) >= 11 is 5.31. The summed E-state index contributed by atoms with van der Waals surface area (Å²) in [6.45, 7) is 0.636. The molecule has 0 heterocycles. The number of hydrogen-bond donors (Lipinski definition) is 1. The van der Waals surface area contributed by atoms with E-state index in [9.17, 15) is 4.79 Å². The van der Waals surface area contributed by atoms with Gasteiger partial charge < -0.3 is 10.1 Å². The van der Waals surface area contributed by atoms with Crippen LogP contribution in [0.5, 0.6) is 5.75 Å². The lowest BCUT2D eigenvalue weighted by Crippen LogP contribution is -2.25. The Morgan fingerprint density at radius 2 is 1.92 bits per heavy atom. The molecule has 3 aromatic carbocycles. The average molecular weight is 430 g/mol. The van der Waals surface area contributed by atoms with Gasteiger partial charge in [-0.1, -0.05) is 46.3 Å². The molecular formula is C21H20BrNO2S. The molecule has 0 saturated carbocycles. The molecule has 1 amide bonds. The summed E-state index contributed by atoms with van der Waals surface area (Å²) in [4.78, 5) is 12.0. The first-order chi connectivity index (χ1) is 12.7. The van der Waals surface area contributed by atoms with Crippen LogP contribution in [0, 0.1) is 0 Å². The molecule has 3 aromatic rings. The van der Waals surface area contributed by atoms with E-state index < -0.39 is 0 Å². The van der Waals surface area contributed by atoms with Crippen molar-refractivity contribution in [1.29, 1.82) is 0 Å². The van der Waals surface area contributed by atoms with Crippen molar-refractivity contribution in [3.8, 4) is 5.75 Å². The van der Waals surface area contributed by atoms with Crippen LogP contribution in [0.3, 0.4) is 0 Å². The molecule has 5 heteroatoms. The molecule has 0 aliphatic heterocycles. The number of fused-ring (bicyclic) bond motifs is 1. The number of nitrogens with one attached hydrogen (secondary N) is 1. The van der Waals surface area contributed by atoms with Crippen molar-refractivity contribution in [3.63, 3.8) is 0 Å². The Bertz CT molecular complexity index is 899. The lowest BCUT2D eigenvalue weighted by atomic mass is 10.0. The van der Waals surface area contributed by atoms with Crippen molar-refractivity contribution in [2.45, 2.75) is 5.75 Å². The fourth-order valence-electron chi connectivity index (χ4n) is 2.79. The van der Waals surface area contributed by atoms with Crippen molar-refractivity contribution in [3.05, 3.63) is 76.3 Å². The zero-order chi connectivity index (χ0) is 18.4. The van der Waals surface area contributed by atoms with E-state index in [-0.39, 0.29) is 5.91 Å². The van der Waals surface area contributed by atoms with Crippen LogP contribution in [0.1, 0.15) is 15.9 Å². The highest BCUT2D eigenvalue weighted by Crippen LogP contribution is 2.32. The molecule has 0 fully saturated rings. The second-order valence-electron chi connectivity index (χ2n) is 5.79. The zero-order valence-corrected chi connectivity index (χ0v) is 16.9. The number of hydrogen-bond acceptors (Lipinski definition) is 3. The predicted octanol–water partition coefficient (Wildman–Crippen LogP) is 5.27. The molecule has 0 aromatic heterocycles. The van der Waals surface area contributed by atoms with E-state index in [4.69, 9.17) is 4.74 Å². The number of methoxy groups -OCH3 is 1. The van der Waals surface area contributed by atoms with Crippen molar-refractivity contribution in [1.82, 2.24) is 5.32 Å². The standard InChI is InChI=1S/C21H20BrNO2S/c1-25-20-10-7-16-13-17(22)8-9-18(16)19(20)14-26-12-11-23-21(24)15-5-3-2-4-6-15/h2-10,13H,11-12,14H2,1H3,(H,23,24). The first-order valence-electron chi connectivity index (χ1n) is 8.35. The molecule has 0 atom stereocenters. The molecule has 134 valence electrons. The van der Waals surface area contributed by atoms with E-state index in [1.165, 1.54) is 16.3 Å². The van der Waals surface area contributed by atoms with E-state index in [1.807, 2.05) is 36.4 Å². The lowest BCUT2D eigenvalue weighted by Gasteiger charge is -2.12. The summed E-state index contributed by atoms with van der Waals surface area (Å²) in [5.41, 5.74) is 1.88. The van der Waals surface area contributed by atoms with E-state index in [0.29, 0.717) is 12.1 Å². The number of halogens is 1. The van der Waals surface area contributed by atoms with E-state index in [2.05, 4.69) is 45.5 Å². The molecule has 0 spiro atoms. The van der Waals surface area contributed by atoms with Gasteiger partial charge in [0.15, 0.2) is 0 Å². The summed E-state index contributed by atoms with van der Waals surface area (Å²) < 4.78 is 6.61. The van der Waals surface area contributed by atoms with E-state index in [1.54, 1.807) is 18.9 Å². The van der Waals surface area contributed by atoms with E-state index in [0.717, 1.165) is 21.7 Å². The van der Waals surface area contributed by atoms with Gasteiger partial charge in [0, 0.05) is 33.7 Å². The molecule has 0 unspecified atom stereocenters. The third-order valence-electron chi connectivity index (χ3n) is 4.08. The fraction of sp³-hybridized carbons (Fsp3) is 0.190. The molecule has 0 saturated heterocycles. The summed E-state index contributed by atoms with van der Waals surface area (Å²) in [5.74, 6) is 2.55. The molecule has 3 rings (SSSR count). The Morgan fingerprint density at radius 1 is 1.12 bits per heavy atom. The first kappa shape index (κ1) is 18.8. The minimum Gasteiger partial charge on any atom is -0.496 e. The van der Waals surface area contributed by atoms with Crippen LogP contribution in [-0.2, 0) is 5.75 Å². The minimum absolute atomic E-state index is 0.0289. The lowest BCUT2D eigenvalue weighted by molar-refractivity contribution is 0.0956. The Morgan fingerprint density at radius 3 is 2.69 bits per heavy atom. The molecule has 0 bridgehead atoms. The van der Waals surface area contributed by atoms with Gasteiger partial charge in [-0.25, -0.2) is 0 Å². The number of carbonyl (C=O) groups excluding carboxylic acids is 1. The van der Waals surface area contributed by atoms with Crippen molar-refractivity contribution in [2.75, 3.05) is 19.4 Å². The summed E-state index contributed by atoms with van der Waals surface area (Å²) in [7, 11) is 1.70. The molecule has 1 N–H and O–H groups in total. The van der Waals surface area contributed by atoms with E-state index >= 15 is 0 Å². The maximum atomic E-state index is 12.0. The fourth-order valence-corrected chi connectivity index (χ4v) is 4.06. The number of ether oxygens (including phenoxy) is 1. The van der Waals surface area contributed by atoms with Gasteiger partial charge in [0.1, 0.15) is 5.75 Å². The number of rotatable bonds is 7. The van der Waals surface area contributed by atoms with Gasteiger partial charge in [0.05, 0.1) is 7.11 Å². The van der Waals surface area contributed by atoms with Crippen LogP contribution in [0.25, 0.3) is 10.8 Å². The third kappa shape index (κ3) is 4.59. The number of amides is 1. The second kappa shape index (κ2) is 9.10. The maximum Gasteiger partial charge on any atom is 0.251 e. The van der Waals surface area contributed by atoms with Crippen LogP contribution >= 0.6 is 27.7 Å². The third-order valence-corrected chi connectivity index (χ3v) is 5.56. The van der Waals surface area contributed by atoms with Gasteiger partial charge in [-0.2, -0.15) is 11.8 Å². The van der Waals surface area contributed by atoms with Crippen LogP contribution in [-0.4, -0.2) is 25.3 Å². The van der Waals surface area contributed by atoms with Crippen molar-refractivity contribution < 1.29 is 9.53 Å². The van der Waals surface area contributed by atoms with Crippen LogP contribution in [0.15, 0.2) is 65.1 Å². The average Bonchev–Trinajstić information content (AvgIpc) is 2.68. The smallest absolute Gasteiger partial charge is 0.251 e. The van der Waals surface area contributed by atoms with Crippen LogP contribution in [0.2, 0.25) is 0 Å². The van der Waals surface area contributed by atoms with Crippen molar-refractivity contribution in [2.24, 2.45) is 0 Å². The first-order valence-corrected chi connectivity index (χ1v) is 10.3. The Kier molecular flexibility index (Phi) is 6.58. The monoisotopic (exact) mass is 429 g/mol. The highest BCUT2D eigenvalue weighted by molar-refractivity contribution is 9.10. The van der Waals surface area contributed by atoms with Gasteiger partial charge in [-0.05, 0) is 41.1 Å². The van der Waals surface area contributed by atoms with Crippen LogP contribution < -0.4 is 10.1 Å². The second-order valence-corrected chi connectivity index (χ2v) is 7.81. The molecule has 3 nitrogen and oxygen atoms in total. The summed E-state index contributed by atoms with van der Waals surface area (Å²) in [6.07, 6.45) is 0. The quantitative estimate of drug-likeness (QED) is 0.519. The molecule has 0 aliphatic rings. The molecule has 0 radical (unpaired) electrons. The van der Waals surface area contributed by atoms with Gasteiger partial charge in [0.2, 0.25) is 0 Å². The number of carbonyl (C=O) groups is 1. The molecular weight excluding hydrogens is 410 g/mol. The Hall–Kier alpha value is -1.98. The van der Waals surface area contributed by atoms with Gasteiger partial charge in [-0.3, -0.25) is 4.79 Å². The van der Waals surface area contributed by atoms with Crippen molar-refractivity contribution >= 4 is 44.4 Å². The minimum atomic E-state index is -0.0289. The predicted molar refractivity (Wildman–Crippen MR) is 113 cm³/mol. The van der Waals surface area contributed by atoms with Gasteiger partial charge in [-0.15, -0.1) is 0 Å². The topological polar surface area (TPSA) is 38.3 Å². The van der Waals surface area contributed by atoms with Gasteiger partial charge in [0.25, 0.3) is 5.91 Å². The highest BCUT2D eigenvalue weighted by atomic mass is 79.9. The molecule has 26 heavy (non-hydrogen) atoms.